The Bertz CT molecular complexity index is 673. The van der Waals surface area contributed by atoms with E-state index in [1.54, 1.807) is 6.26 Å². The van der Waals surface area contributed by atoms with Gasteiger partial charge in [0.05, 0.1) is 12.8 Å². The molecule has 3 N–H and O–H groups in total. The minimum Gasteiger partial charge on any atom is -0.507 e. The molecule has 1 heterocycles. The first-order valence-corrected chi connectivity index (χ1v) is 9.01. The van der Waals surface area contributed by atoms with E-state index < -0.39 is 0 Å². The third-order valence-electron chi connectivity index (χ3n) is 3.90. The Hall–Kier alpha value is -2.47. The fourth-order valence-corrected chi connectivity index (χ4v) is 2.60. The number of phenolic OH excluding ortho intramolecular Hbond substituents is 1. The standard InChI is InChI=1S/C20H29N3O3/c1-4-21-20(22-8-6-9-25-14-18-7-5-10-26-18)23-13-17-11-15(2)19(24)16(3)12-17/h5,7,10-12,24H,4,6,8-9,13-14H2,1-3H3,(H2,21,22,23). The minimum atomic E-state index is 0.359. The van der Waals surface area contributed by atoms with E-state index in [0.717, 1.165) is 47.9 Å². The summed E-state index contributed by atoms with van der Waals surface area (Å²) in [7, 11) is 0. The third-order valence-corrected chi connectivity index (χ3v) is 3.90. The van der Waals surface area contributed by atoms with Crippen molar-refractivity contribution in [1.29, 1.82) is 0 Å². The average molecular weight is 359 g/mol. The predicted molar refractivity (Wildman–Crippen MR) is 103 cm³/mol. The summed E-state index contributed by atoms with van der Waals surface area (Å²) in [5, 5.41) is 16.4. The van der Waals surface area contributed by atoms with E-state index in [2.05, 4.69) is 15.6 Å². The molecular formula is C20H29N3O3. The van der Waals surface area contributed by atoms with Crippen molar-refractivity contribution in [2.24, 2.45) is 4.99 Å². The molecule has 1 aromatic heterocycles. The zero-order valence-electron chi connectivity index (χ0n) is 15.8. The molecule has 0 atom stereocenters. The molecule has 0 saturated heterocycles. The average Bonchev–Trinajstić information content (AvgIpc) is 3.13. The molecule has 0 aliphatic rings. The zero-order valence-corrected chi connectivity index (χ0v) is 15.8. The maximum absolute atomic E-state index is 9.86. The molecule has 0 unspecified atom stereocenters. The van der Waals surface area contributed by atoms with Gasteiger partial charge in [-0.25, -0.2) is 4.99 Å². The molecule has 6 nitrogen and oxygen atoms in total. The smallest absolute Gasteiger partial charge is 0.191 e. The molecule has 142 valence electrons. The van der Waals surface area contributed by atoms with Crippen LogP contribution in [0.1, 0.15) is 35.8 Å². The highest BCUT2D eigenvalue weighted by atomic mass is 16.5. The van der Waals surface area contributed by atoms with Gasteiger partial charge in [-0.1, -0.05) is 12.1 Å². The zero-order chi connectivity index (χ0) is 18.8. The largest absolute Gasteiger partial charge is 0.507 e. The van der Waals surface area contributed by atoms with Crippen LogP contribution in [0.3, 0.4) is 0 Å². The fourth-order valence-electron chi connectivity index (χ4n) is 2.60. The highest BCUT2D eigenvalue weighted by Crippen LogP contribution is 2.23. The van der Waals surface area contributed by atoms with Crippen LogP contribution in [0.5, 0.6) is 5.75 Å². The van der Waals surface area contributed by atoms with E-state index in [-0.39, 0.29) is 0 Å². The highest BCUT2D eigenvalue weighted by molar-refractivity contribution is 5.79. The van der Waals surface area contributed by atoms with Crippen LogP contribution < -0.4 is 10.6 Å². The lowest BCUT2D eigenvalue weighted by Gasteiger charge is -2.12. The first-order chi connectivity index (χ1) is 12.6. The van der Waals surface area contributed by atoms with Gasteiger partial charge in [-0.2, -0.15) is 0 Å². The minimum absolute atomic E-state index is 0.359. The number of nitrogens with zero attached hydrogens (tertiary/aromatic N) is 1. The molecular weight excluding hydrogens is 330 g/mol. The second kappa shape index (κ2) is 10.5. The van der Waals surface area contributed by atoms with E-state index in [1.807, 2.05) is 45.0 Å². The number of furan rings is 1. The van der Waals surface area contributed by atoms with Gasteiger partial charge in [0, 0.05) is 19.7 Å². The second-order valence-electron chi connectivity index (χ2n) is 6.19. The molecule has 2 aromatic rings. The summed E-state index contributed by atoms with van der Waals surface area (Å²) in [6.07, 6.45) is 2.53. The lowest BCUT2D eigenvalue weighted by Crippen LogP contribution is -2.38. The molecule has 2 rings (SSSR count). The summed E-state index contributed by atoms with van der Waals surface area (Å²) in [5.74, 6) is 1.98. The van der Waals surface area contributed by atoms with Crippen molar-refractivity contribution in [2.75, 3.05) is 19.7 Å². The first kappa shape index (κ1) is 19.8. The third kappa shape index (κ3) is 6.44. The van der Waals surface area contributed by atoms with Gasteiger partial charge >= 0.3 is 0 Å². The molecule has 0 aliphatic heterocycles. The van der Waals surface area contributed by atoms with Crippen LogP contribution >= 0.6 is 0 Å². The number of hydrogen-bond acceptors (Lipinski definition) is 4. The van der Waals surface area contributed by atoms with E-state index in [0.29, 0.717) is 25.5 Å². The van der Waals surface area contributed by atoms with Crippen molar-refractivity contribution >= 4 is 5.96 Å². The van der Waals surface area contributed by atoms with Gasteiger partial charge in [0.15, 0.2) is 5.96 Å². The topological polar surface area (TPSA) is 79.0 Å². The van der Waals surface area contributed by atoms with Crippen LogP contribution in [0, 0.1) is 13.8 Å². The van der Waals surface area contributed by atoms with Gasteiger partial charge in [-0.05, 0) is 56.0 Å². The lowest BCUT2D eigenvalue weighted by atomic mass is 10.1. The molecule has 0 amide bonds. The second-order valence-corrected chi connectivity index (χ2v) is 6.19. The van der Waals surface area contributed by atoms with Crippen molar-refractivity contribution in [2.45, 2.75) is 40.3 Å². The molecule has 0 spiro atoms. The van der Waals surface area contributed by atoms with Crippen molar-refractivity contribution in [1.82, 2.24) is 10.6 Å². The molecule has 0 radical (unpaired) electrons. The van der Waals surface area contributed by atoms with Crippen LogP contribution in [0.25, 0.3) is 0 Å². The van der Waals surface area contributed by atoms with Crippen molar-refractivity contribution in [3.63, 3.8) is 0 Å². The molecule has 0 fully saturated rings. The Morgan fingerprint density at radius 3 is 2.65 bits per heavy atom. The van der Waals surface area contributed by atoms with Crippen LogP contribution in [0.4, 0.5) is 0 Å². The number of nitrogens with one attached hydrogen (secondary N) is 2. The number of aryl methyl sites for hydroxylation is 2. The summed E-state index contributed by atoms with van der Waals surface area (Å²) < 4.78 is 10.8. The summed E-state index contributed by atoms with van der Waals surface area (Å²) in [6.45, 7) is 9.14. The van der Waals surface area contributed by atoms with Crippen LogP contribution in [-0.4, -0.2) is 30.8 Å². The van der Waals surface area contributed by atoms with E-state index in [9.17, 15) is 5.11 Å². The Kier molecular flexibility index (Phi) is 8.02. The van der Waals surface area contributed by atoms with E-state index in [1.165, 1.54) is 0 Å². The summed E-state index contributed by atoms with van der Waals surface area (Å²) in [4.78, 5) is 4.61. The van der Waals surface area contributed by atoms with Gasteiger partial charge in [-0.15, -0.1) is 0 Å². The number of benzene rings is 1. The maximum Gasteiger partial charge on any atom is 0.191 e. The molecule has 26 heavy (non-hydrogen) atoms. The Morgan fingerprint density at radius 2 is 2.00 bits per heavy atom. The molecule has 0 saturated carbocycles. The first-order valence-electron chi connectivity index (χ1n) is 9.01. The van der Waals surface area contributed by atoms with Crippen molar-refractivity contribution < 1.29 is 14.3 Å². The van der Waals surface area contributed by atoms with E-state index >= 15 is 0 Å². The molecule has 0 aliphatic carbocycles. The summed E-state index contributed by atoms with van der Waals surface area (Å²) in [6, 6.07) is 7.70. The number of aromatic hydroxyl groups is 1. The number of rotatable bonds is 9. The number of ether oxygens (including phenoxy) is 1. The predicted octanol–water partition coefficient (Wildman–Crippen LogP) is 3.26. The quantitative estimate of drug-likeness (QED) is 0.364. The Balaban J connectivity index is 1.75. The van der Waals surface area contributed by atoms with E-state index in [4.69, 9.17) is 9.15 Å². The van der Waals surface area contributed by atoms with Gasteiger partial charge in [0.1, 0.15) is 18.1 Å². The number of phenols is 1. The Labute approximate surface area is 155 Å². The molecule has 1 aromatic carbocycles. The fraction of sp³-hybridized carbons (Fsp3) is 0.450. The van der Waals surface area contributed by atoms with Crippen molar-refractivity contribution in [3.05, 3.63) is 53.0 Å². The van der Waals surface area contributed by atoms with Gasteiger partial charge in [0.2, 0.25) is 0 Å². The summed E-state index contributed by atoms with van der Waals surface area (Å²) >= 11 is 0. The number of guanidine groups is 1. The van der Waals surface area contributed by atoms with Crippen LogP contribution in [-0.2, 0) is 17.9 Å². The number of hydrogen-bond donors (Lipinski definition) is 3. The highest BCUT2D eigenvalue weighted by Gasteiger charge is 2.04. The molecule has 0 bridgehead atoms. The number of aliphatic imine (C=N–C) groups is 1. The SMILES string of the molecule is CCNC(=NCc1cc(C)c(O)c(C)c1)NCCCOCc1ccco1. The van der Waals surface area contributed by atoms with Gasteiger partial charge < -0.3 is 24.9 Å². The van der Waals surface area contributed by atoms with Gasteiger partial charge in [0.25, 0.3) is 0 Å². The normalized spacial score (nSPS) is 11.6. The molecule has 6 heteroatoms. The van der Waals surface area contributed by atoms with Gasteiger partial charge in [-0.3, -0.25) is 0 Å². The van der Waals surface area contributed by atoms with Crippen LogP contribution in [0.2, 0.25) is 0 Å². The Morgan fingerprint density at radius 1 is 1.23 bits per heavy atom. The van der Waals surface area contributed by atoms with Crippen LogP contribution in [0.15, 0.2) is 39.9 Å². The summed E-state index contributed by atoms with van der Waals surface area (Å²) in [5.41, 5.74) is 2.83. The van der Waals surface area contributed by atoms with Crippen molar-refractivity contribution in [3.8, 4) is 5.75 Å². The maximum atomic E-state index is 9.86. The monoisotopic (exact) mass is 359 g/mol. The lowest BCUT2D eigenvalue weighted by molar-refractivity contribution is 0.105.